The Morgan fingerprint density at radius 2 is 1.47 bits per heavy atom. The minimum atomic E-state index is -0.00655. The van der Waals surface area contributed by atoms with E-state index < -0.39 is 0 Å². The maximum Gasteiger partial charge on any atom is 0.315 e. The molecule has 2 aliphatic heterocycles. The second-order valence-corrected chi connectivity index (χ2v) is 11.4. The van der Waals surface area contributed by atoms with E-state index in [2.05, 4.69) is 26.6 Å². The molecule has 220 valence electrons. The SMILES string of the molecule is CC(=O)NCCCOCCCCOCCCNC(=O)CCCCCNCCCCC1SCC2NC(=O)NC21. The molecule has 2 saturated heterocycles. The van der Waals surface area contributed by atoms with Gasteiger partial charge in [-0.05, 0) is 64.5 Å². The number of urea groups is 1. The number of nitrogens with one attached hydrogen (secondary N) is 5. The van der Waals surface area contributed by atoms with Gasteiger partial charge in [0.05, 0.1) is 12.1 Å². The van der Waals surface area contributed by atoms with Crippen LogP contribution in [0.5, 0.6) is 0 Å². The summed E-state index contributed by atoms with van der Waals surface area (Å²) in [6, 6.07) is 0.624. The number of hydrogen-bond donors (Lipinski definition) is 5. The van der Waals surface area contributed by atoms with E-state index in [1.807, 2.05) is 11.8 Å². The molecule has 0 aromatic heterocycles. The Labute approximate surface area is 233 Å². The van der Waals surface area contributed by atoms with Gasteiger partial charge in [0.15, 0.2) is 0 Å². The first-order valence-electron chi connectivity index (χ1n) is 14.6. The molecule has 0 saturated carbocycles. The van der Waals surface area contributed by atoms with Crippen molar-refractivity contribution in [1.82, 2.24) is 26.6 Å². The second-order valence-electron chi connectivity index (χ2n) is 10.2. The molecule has 2 rings (SSSR count). The zero-order chi connectivity index (χ0) is 27.3. The van der Waals surface area contributed by atoms with Crippen LogP contribution in [0.15, 0.2) is 0 Å². The lowest BCUT2D eigenvalue weighted by molar-refractivity contribution is -0.121. The van der Waals surface area contributed by atoms with Crippen LogP contribution < -0.4 is 26.6 Å². The summed E-state index contributed by atoms with van der Waals surface area (Å²) in [4.78, 5) is 34.1. The predicted molar refractivity (Wildman–Crippen MR) is 152 cm³/mol. The molecule has 38 heavy (non-hydrogen) atoms. The van der Waals surface area contributed by atoms with E-state index in [-0.39, 0.29) is 17.8 Å². The van der Waals surface area contributed by atoms with Gasteiger partial charge in [0, 0.05) is 63.9 Å². The highest BCUT2D eigenvalue weighted by Gasteiger charge is 2.42. The Hall–Kier alpha value is -1.56. The van der Waals surface area contributed by atoms with E-state index in [0.29, 0.717) is 50.1 Å². The van der Waals surface area contributed by atoms with Crippen molar-refractivity contribution in [2.24, 2.45) is 0 Å². The number of carbonyl (C=O) groups is 3. The van der Waals surface area contributed by atoms with Crippen LogP contribution in [0.2, 0.25) is 0 Å². The number of unbranched alkanes of at least 4 members (excludes halogenated alkanes) is 4. The maximum absolute atomic E-state index is 11.9. The highest BCUT2D eigenvalue weighted by molar-refractivity contribution is 8.00. The van der Waals surface area contributed by atoms with E-state index in [1.165, 1.54) is 19.8 Å². The predicted octanol–water partition coefficient (Wildman–Crippen LogP) is 2.32. The summed E-state index contributed by atoms with van der Waals surface area (Å²) in [5.74, 6) is 1.16. The molecular weight excluding hydrogens is 506 g/mol. The highest BCUT2D eigenvalue weighted by Crippen LogP contribution is 2.32. The average molecular weight is 558 g/mol. The van der Waals surface area contributed by atoms with Gasteiger partial charge in [-0.15, -0.1) is 0 Å². The fourth-order valence-electron chi connectivity index (χ4n) is 4.62. The zero-order valence-electron chi connectivity index (χ0n) is 23.3. The lowest BCUT2D eigenvalue weighted by Gasteiger charge is -2.16. The van der Waals surface area contributed by atoms with Crippen LogP contribution in [-0.2, 0) is 19.1 Å². The van der Waals surface area contributed by atoms with Crippen molar-refractivity contribution in [2.75, 3.05) is 58.4 Å². The first-order chi connectivity index (χ1) is 18.6. The number of fused-ring (bicyclic) bond motifs is 1. The monoisotopic (exact) mass is 557 g/mol. The molecule has 2 aliphatic rings. The summed E-state index contributed by atoms with van der Waals surface area (Å²) in [5, 5.41) is 15.8. The Morgan fingerprint density at radius 1 is 0.816 bits per heavy atom. The number of thioether (sulfide) groups is 1. The minimum Gasteiger partial charge on any atom is -0.381 e. The second kappa shape index (κ2) is 21.3. The highest BCUT2D eigenvalue weighted by atomic mass is 32.2. The summed E-state index contributed by atoms with van der Waals surface area (Å²) in [5.41, 5.74) is 0. The van der Waals surface area contributed by atoms with Gasteiger partial charge in [0.1, 0.15) is 0 Å². The fraction of sp³-hybridized carbons (Fsp3) is 0.889. The van der Waals surface area contributed by atoms with E-state index in [1.54, 1.807) is 0 Å². The topological polar surface area (TPSA) is 130 Å². The third-order valence-electron chi connectivity index (χ3n) is 6.74. The summed E-state index contributed by atoms with van der Waals surface area (Å²) < 4.78 is 11.1. The third-order valence-corrected chi connectivity index (χ3v) is 8.25. The lowest BCUT2D eigenvalue weighted by atomic mass is 10.0. The molecule has 5 N–H and O–H groups in total. The van der Waals surface area contributed by atoms with Crippen molar-refractivity contribution in [3.63, 3.8) is 0 Å². The van der Waals surface area contributed by atoms with Crippen LogP contribution in [0.4, 0.5) is 4.79 Å². The Balaban J connectivity index is 1.23. The van der Waals surface area contributed by atoms with Gasteiger partial charge in [0.25, 0.3) is 0 Å². The van der Waals surface area contributed by atoms with Crippen molar-refractivity contribution in [3.8, 4) is 0 Å². The van der Waals surface area contributed by atoms with Crippen molar-refractivity contribution >= 4 is 29.6 Å². The third kappa shape index (κ3) is 15.8. The van der Waals surface area contributed by atoms with Crippen LogP contribution >= 0.6 is 11.8 Å². The van der Waals surface area contributed by atoms with E-state index in [0.717, 1.165) is 83.4 Å². The molecule has 0 aromatic carbocycles. The Morgan fingerprint density at radius 3 is 2.18 bits per heavy atom. The molecule has 10 nitrogen and oxygen atoms in total. The lowest BCUT2D eigenvalue weighted by Crippen LogP contribution is -2.36. The van der Waals surface area contributed by atoms with E-state index in [9.17, 15) is 14.4 Å². The van der Waals surface area contributed by atoms with Crippen LogP contribution in [0.1, 0.15) is 77.6 Å². The van der Waals surface area contributed by atoms with Gasteiger partial charge in [-0.1, -0.05) is 12.8 Å². The van der Waals surface area contributed by atoms with Gasteiger partial charge in [0.2, 0.25) is 11.8 Å². The molecule has 2 fully saturated rings. The first-order valence-corrected chi connectivity index (χ1v) is 15.7. The average Bonchev–Trinajstić information content (AvgIpc) is 3.44. The summed E-state index contributed by atoms with van der Waals surface area (Å²) >= 11 is 1.98. The number of hydrogen-bond acceptors (Lipinski definition) is 7. The standard InChI is InChI=1S/C27H51N5O5S/c1-22(33)29-15-9-19-36-17-7-8-18-37-20-10-16-30-25(34)12-3-2-5-13-28-14-6-4-11-24-26-23(21-38-24)31-27(35)32-26/h23-24,26,28H,2-21H2,1H3,(H,29,33)(H,30,34)(H2,31,32,35). The van der Waals surface area contributed by atoms with Gasteiger partial charge in [-0.2, -0.15) is 11.8 Å². The minimum absolute atomic E-state index is 0.00270. The molecule has 0 bridgehead atoms. The van der Waals surface area contributed by atoms with Crippen LogP contribution in [0.3, 0.4) is 0 Å². The molecule has 0 aliphatic carbocycles. The van der Waals surface area contributed by atoms with Crippen LogP contribution in [0.25, 0.3) is 0 Å². The Kier molecular flexibility index (Phi) is 18.3. The Bertz CT molecular complexity index is 672. The molecule has 2 heterocycles. The van der Waals surface area contributed by atoms with E-state index >= 15 is 0 Å². The van der Waals surface area contributed by atoms with Crippen LogP contribution in [0, 0.1) is 0 Å². The number of amides is 4. The first kappa shape index (κ1) is 32.7. The van der Waals surface area contributed by atoms with Crippen molar-refractivity contribution in [2.45, 2.75) is 94.9 Å². The molecule has 11 heteroatoms. The quantitative estimate of drug-likeness (QED) is 0.0910. The van der Waals surface area contributed by atoms with Crippen molar-refractivity contribution < 1.29 is 23.9 Å². The molecule has 3 atom stereocenters. The van der Waals surface area contributed by atoms with Crippen LogP contribution in [-0.4, -0.2) is 93.5 Å². The molecular formula is C27H51N5O5S. The summed E-state index contributed by atoms with van der Waals surface area (Å²) in [6.45, 7) is 7.66. The molecule has 3 unspecified atom stereocenters. The van der Waals surface area contributed by atoms with Gasteiger partial charge in [-0.3, -0.25) is 9.59 Å². The van der Waals surface area contributed by atoms with Gasteiger partial charge >= 0.3 is 6.03 Å². The van der Waals surface area contributed by atoms with Crippen molar-refractivity contribution in [1.29, 1.82) is 0 Å². The molecule has 4 amide bonds. The van der Waals surface area contributed by atoms with Crippen molar-refractivity contribution in [3.05, 3.63) is 0 Å². The largest absolute Gasteiger partial charge is 0.381 e. The smallest absolute Gasteiger partial charge is 0.315 e. The van der Waals surface area contributed by atoms with Gasteiger partial charge in [-0.25, -0.2) is 4.79 Å². The number of carbonyl (C=O) groups excluding carboxylic acids is 3. The summed E-state index contributed by atoms with van der Waals surface area (Å²) in [6.07, 6.45) is 10.8. The fourth-order valence-corrected chi connectivity index (χ4v) is 6.16. The van der Waals surface area contributed by atoms with E-state index in [4.69, 9.17) is 9.47 Å². The number of ether oxygens (including phenoxy) is 2. The zero-order valence-corrected chi connectivity index (χ0v) is 24.1. The molecule has 0 radical (unpaired) electrons. The number of rotatable bonds is 24. The normalized spacial score (nSPS) is 20.1. The van der Waals surface area contributed by atoms with Gasteiger partial charge < -0.3 is 36.1 Å². The maximum atomic E-state index is 11.9. The molecule has 0 aromatic rings. The molecule has 0 spiro atoms. The summed E-state index contributed by atoms with van der Waals surface area (Å²) in [7, 11) is 0.